The van der Waals surface area contributed by atoms with E-state index in [9.17, 15) is 0 Å². The quantitative estimate of drug-likeness (QED) is 0.785. The number of hydrogen-bond acceptors (Lipinski definition) is 6. The van der Waals surface area contributed by atoms with Gasteiger partial charge in [0, 0.05) is 44.1 Å². The molecule has 0 spiro atoms. The second-order valence-electron chi connectivity index (χ2n) is 7.07. The van der Waals surface area contributed by atoms with E-state index in [0.29, 0.717) is 0 Å². The van der Waals surface area contributed by atoms with Crippen molar-refractivity contribution in [1.82, 2.24) is 20.3 Å². The molecule has 25 heavy (non-hydrogen) atoms. The highest BCUT2D eigenvalue weighted by atomic mass is 32.1. The first-order chi connectivity index (χ1) is 12.3. The number of hydrogen-bond donors (Lipinski definition) is 1. The summed E-state index contributed by atoms with van der Waals surface area (Å²) in [6.45, 7) is 6.23. The zero-order chi connectivity index (χ0) is 16.8. The molecule has 1 aromatic carbocycles. The van der Waals surface area contributed by atoms with Crippen molar-refractivity contribution in [2.24, 2.45) is 5.92 Å². The van der Waals surface area contributed by atoms with Gasteiger partial charge < -0.3 is 10.2 Å². The van der Waals surface area contributed by atoms with Gasteiger partial charge in [0.2, 0.25) is 5.95 Å². The molecule has 1 aliphatic carbocycles. The Morgan fingerprint density at radius 2 is 1.92 bits per heavy atom. The molecule has 5 rings (SSSR count). The van der Waals surface area contributed by atoms with Crippen LogP contribution in [0.25, 0.3) is 20.8 Å². The summed E-state index contributed by atoms with van der Waals surface area (Å²) < 4.78 is 1.26. The number of nitrogens with one attached hydrogen (secondary N) is 1. The fourth-order valence-electron chi connectivity index (χ4n) is 3.54. The predicted octanol–water partition coefficient (Wildman–Crippen LogP) is 3.29. The standard InChI is InChI=1S/C19H21N5S/c1-12-8-15(12)13-2-3-16-17(9-13)25-18(23-16)14-10-21-19(22-11-14)24-6-4-20-5-7-24/h2-3,9-12,15,20H,4-8H2,1H3. The lowest BCUT2D eigenvalue weighted by Gasteiger charge is -2.27. The normalized spacial score (nSPS) is 23.2. The summed E-state index contributed by atoms with van der Waals surface area (Å²) in [7, 11) is 0. The monoisotopic (exact) mass is 351 g/mol. The van der Waals surface area contributed by atoms with E-state index in [1.165, 1.54) is 16.7 Å². The van der Waals surface area contributed by atoms with Crippen LogP contribution < -0.4 is 10.2 Å². The number of anilines is 1. The topological polar surface area (TPSA) is 53.9 Å². The molecule has 5 nitrogen and oxygen atoms in total. The van der Waals surface area contributed by atoms with Gasteiger partial charge in [-0.1, -0.05) is 13.0 Å². The van der Waals surface area contributed by atoms with E-state index in [1.807, 2.05) is 12.4 Å². The van der Waals surface area contributed by atoms with Crippen LogP contribution in [-0.4, -0.2) is 41.1 Å². The molecule has 0 bridgehead atoms. The molecule has 1 aliphatic heterocycles. The van der Waals surface area contributed by atoms with Crippen LogP contribution in [0.15, 0.2) is 30.6 Å². The highest BCUT2D eigenvalue weighted by molar-refractivity contribution is 7.21. The second kappa shape index (κ2) is 6.04. The molecule has 2 aliphatic rings. The van der Waals surface area contributed by atoms with Crippen molar-refractivity contribution in [2.45, 2.75) is 19.3 Å². The van der Waals surface area contributed by atoms with E-state index in [-0.39, 0.29) is 0 Å². The lowest BCUT2D eigenvalue weighted by molar-refractivity contribution is 0.580. The van der Waals surface area contributed by atoms with Crippen molar-refractivity contribution < 1.29 is 0 Å². The molecule has 1 saturated carbocycles. The molecule has 2 unspecified atom stereocenters. The summed E-state index contributed by atoms with van der Waals surface area (Å²) in [6, 6.07) is 6.72. The Labute approximate surface area is 151 Å². The highest BCUT2D eigenvalue weighted by Crippen LogP contribution is 2.47. The molecule has 1 N–H and O–H groups in total. The molecule has 0 radical (unpaired) electrons. The van der Waals surface area contributed by atoms with Crippen LogP contribution in [0.2, 0.25) is 0 Å². The van der Waals surface area contributed by atoms with Gasteiger partial charge in [0.15, 0.2) is 0 Å². The van der Waals surface area contributed by atoms with E-state index in [1.54, 1.807) is 11.3 Å². The van der Waals surface area contributed by atoms with Gasteiger partial charge in [0.25, 0.3) is 0 Å². The summed E-state index contributed by atoms with van der Waals surface area (Å²) in [6.07, 6.45) is 5.14. The second-order valence-corrected chi connectivity index (χ2v) is 8.11. The number of benzene rings is 1. The van der Waals surface area contributed by atoms with Crippen molar-refractivity contribution in [1.29, 1.82) is 0 Å². The maximum absolute atomic E-state index is 4.78. The fraction of sp³-hybridized carbons (Fsp3) is 0.421. The van der Waals surface area contributed by atoms with Crippen LogP contribution in [0.1, 0.15) is 24.8 Å². The van der Waals surface area contributed by atoms with Crippen LogP contribution in [0, 0.1) is 5.92 Å². The minimum absolute atomic E-state index is 0.747. The molecule has 6 heteroatoms. The first-order valence-corrected chi connectivity index (χ1v) is 9.78. The van der Waals surface area contributed by atoms with Gasteiger partial charge in [-0.05, 0) is 36.0 Å². The third-order valence-corrected chi connectivity index (χ3v) is 6.30. The predicted molar refractivity (Wildman–Crippen MR) is 102 cm³/mol. The van der Waals surface area contributed by atoms with Crippen LogP contribution in [-0.2, 0) is 0 Å². The lowest BCUT2D eigenvalue weighted by atomic mass is 10.1. The van der Waals surface area contributed by atoms with Gasteiger partial charge >= 0.3 is 0 Å². The molecule has 0 amide bonds. The van der Waals surface area contributed by atoms with Gasteiger partial charge in [0.05, 0.1) is 10.2 Å². The molecule has 3 aromatic rings. The minimum atomic E-state index is 0.747. The number of nitrogens with zero attached hydrogens (tertiary/aromatic N) is 4. The SMILES string of the molecule is CC1CC1c1ccc2nc(-c3cnc(N4CCNCC4)nc3)sc2c1. The van der Waals surface area contributed by atoms with Gasteiger partial charge in [-0.2, -0.15) is 0 Å². The first-order valence-electron chi connectivity index (χ1n) is 8.96. The van der Waals surface area contributed by atoms with Crippen LogP contribution in [0.4, 0.5) is 5.95 Å². The van der Waals surface area contributed by atoms with E-state index < -0.39 is 0 Å². The number of thiazole rings is 1. The average Bonchev–Trinajstić information content (AvgIpc) is 3.25. The van der Waals surface area contributed by atoms with Crippen molar-refractivity contribution in [3.05, 3.63) is 36.2 Å². The summed E-state index contributed by atoms with van der Waals surface area (Å²) in [4.78, 5) is 16.1. The van der Waals surface area contributed by atoms with Gasteiger partial charge in [0.1, 0.15) is 5.01 Å². The Bertz CT molecular complexity index is 898. The summed E-state index contributed by atoms with van der Waals surface area (Å²) in [5, 5.41) is 4.35. The zero-order valence-corrected chi connectivity index (χ0v) is 15.1. The molecule has 2 aromatic heterocycles. The molecule has 3 heterocycles. The Balaban J connectivity index is 1.42. The maximum Gasteiger partial charge on any atom is 0.225 e. The lowest BCUT2D eigenvalue weighted by Crippen LogP contribution is -2.44. The van der Waals surface area contributed by atoms with Gasteiger partial charge in [-0.25, -0.2) is 15.0 Å². The molecule has 128 valence electrons. The fourth-order valence-corrected chi connectivity index (χ4v) is 4.53. The number of piperazine rings is 1. The number of aromatic nitrogens is 3. The van der Waals surface area contributed by atoms with Crippen molar-refractivity contribution >= 4 is 27.5 Å². The maximum atomic E-state index is 4.78. The number of rotatable bonds is 3. The average molecular weight is 351 g/mol. The molecular weight excluding hydrogens is 330 g/mol. The molecule has 1 saturated heterocycles. The Morgan fingerprint density at radius 1 is 1.16 bits per heavy atom. The first kappa shape index (κ1) is 15.2. The molecule has 2 fully saturated rings. The van der Waals surface area contributed by atoms with Gasteiger partial charge in [-0.15, -0.1) is 11.3 Å². The summed E-state index contributed by atoms with van der Waals surface area (Å²) in [5.41, 5.74) is 3.53. The van der Waals surface area contributed by atoms with E-state index in [4.69, 9.17) is 4.98 Å². The third-order valence-electron chi connectivity index (χ3n) is 5.24. The smallest absolute Gasteiger partial charge is 0.225 e. The van der Waals surface area contributed by atoms with Crippen LogP contribution in [0.5, 0.6) is 0 Å². The van der Waals surface area contributed by atoms with Crippen LogP contribution >= 0.6 is 11.3 Å². The van der Waals surface area contributed by atoms with Gasteiger partial charge in [-0.3, -0.25) is 0 Å². The van der Waals surface area contributed by atoms with Crippen molar-refractivity contribution in [2.75, 3.05) is 31.1 Å². The third kappa shape index (κ3) is 2.89. The highest BCUT2D eigenvalue weighted by Gasteiger charge is 2.34. The summed E-state index contributed by atoms with van der Waals surface area (Å²) in [5.74, 6) is 2.39. The van der Waals surface area contributed by atoms with E-state index in [2.05, 4.69) is 45.3 Å². The van der Waals surface area contributed by atoms with Crippen molar-refractivity contribution in [3.63, 3.8) is 0 Å². The Kier molecular flexibility index (Phi) is 3.68. The van der Waals surface area contributed by atoms with E-state index in [0.717, 1.165) is 60.1 Å². The summed E-state index contributed by atoms with van der Waals surface area (Å²) >= 11 is 1.74. The minimum Gasteiger partial charge on any atom is -0.338 e. The zero-order valence-electron chi connectivity index (χ0n) is 14.3. The largest absolute Gasteiger partial charge is 0.338 e. The number of fused-ring (bicyclic) bond motifs is 1. The Morgan fingerprint density at radius 3 is 2.64 bits per heavy atom. The van der Waals surface area contributed by atoms with Crippen molar-refractivity contribution in [3.8, 4) is 10.6 Å². The molecule has 2 atom stereocenters. The van der Waals surface area contributed by atoms with E-state index >= 15 is 0 Å². The molecular formula is C19H21N5S. The Hall–Kier alpha value is -2.05. The van der Waals surface area contributed by atoms with Crippen LogP contribution in [0.3, 0.4) is 0 Å².